The van der Waals surface area contributed by atoms with E-state index in [2.05, 4.69) is 5.32 Å². The Bertz CT molecular complexity index is 377. The molecule has 16 heavy (non-hydrogen) atoms. The van der Waals surface area contributed by atoms with Crippen LogP contribution in [0.1, 0.15) is 19.4 Å². The summed E-state index contributed by atoms with van der Waals surface area (Å²) in [5.41, 5.74) is 1.74. The summed E-state index contributed by atoms with van der Waals surface area (Å²) >= 11 is 5.68. The largest absolute Gasteiger partial charge is 0.494 e. The van der Waals surface area contributed by atoms with Gasteiger partial charge in [-0.3, -0.25) is 4.79 Å². The van der Waals surface area contributed by atoms with Gasteiger partial charge >= 0.3 is 0 Å². The first-order valence-corrected chi connectivity index (χ1v) is 5.66. The van der Waals surface area contributed by atoms with Crippen LogP contribution in [0.2, 0.25) is 0 Å². The molecule has 0 heterocycles. The number of anilines is 1. The summed E-state index contributed by atoms with van der Waals surface area (Å²) in [6.45, 7) is 6.10. The van der Waals surface area contributed by atoms with Crippen LogP contribution in [0.4, 0.5) is 5.69 Å². The highest BCUT2D eigenvalue weighted by molar-refractivity contribution is 6.32. The highest BCUT2D eigenvalue weighted by Crippen LogP contribution is 2.21. The Labute approximate surface area is 101 Å². The van der Waals surface area contributed by atoms with Crippen LogP contribution in [0.25, 0.3) is 0 Å². The molecule has 0 spiro atoms. The molecule has 0 bridgehead atoms. The number of halogens is 1. The van der Waals surface area contributed by atoms with Gasteiger partial charge in [-0.25, -0.2) is 0 Å². The number of amides is 1. The van der Waals surface area contributed by atoms with Crippen molar-refractivity contribution in [1.29, 1.82) is 0 Å². The number of hydrogen-bond donors (Lipinski definition) is 1. The average molecular weight is 242 g/mol. The zero-order valence-corrected chi connectivity index (χ0v) is 10.5. The molecular formula is C12H16ClNO2. The van der Waals surface area contributed by atoms with E-state index in [1.165, 1.54) is 0 Å². The molecule has 4 heteroatoms. The van der Waals surface area contributed by atoms with Crippen LogP contribution in [0, 0.1) is 6.92 Å². The van der Waals surface area contributed by atoms with Gasteiger partial charge in [-0.1, -0.05) is 0 Å². The van der Waals surface area contributed by atoms with Crippen LogP contribution in [0.15, 0.2) is 18.2 Å². The number of hydrogen-bond acceptors (Lipinski definition) is 2. The Hall–Kier alpha value is -1.22. The Kier molecular flexibility index (Phi) is 4.62. The lowest BCUT2D eigenvalue weighted by Gasteiger charge is -2.10. The Morgan fingerprint density at radius 2 is 2.19 bits per heavy atom. The van der Waals surface area contributed by atoms with Crippen molar-refractivity contribution in [3.8, 4) is 5.75 Å². The summed E-state index contributed by atoms with van der Waals surface area (Å²) < 4.78 is 5.39. The first-order chi connectivity index (χ1) is 7.52. The third-order valence-corrected chi connectivity index (χ3v) is 2.19. The van der Waals surface area contributed by atoms with Gasteiger partial charge in [0.2, 0.25) is 5.91 Å². The lowest BCUT2D eigenvalue weighted by molar-refractivity contribution is -0.115. The van der Waals surface area contributed by atoms with Crippen molar-refractivity contribution in [2.75, 3.05) is 11.9 Å². The summed E-state index contributed by atoms with van der Waals surface area (Å²) in [6.07, 6.45) is 0. The molecule has 1 atom stereocenters. The molecule has 3 nitrogen and oxygen atoms in total. The second-order valence-electron chi connectivity index (χ2n) is 3.57. The van der Waals surface area contributed by atoms with E-state index in [1.807, 2.05) is 26.0 Å². The van der Waals surface area contributed by atoms with Crippen molar-refractivity contribution in [3.63, 3.8) is 0 Å². The summed E-state index contributed by atoms with van der Waals surface area (Å²) in [6, 6.07) is 5.58. The van der Waals surface area contributed by atoms with Gasteiger partial charge in [-0.05, 0) is 38.5 Å². The van der Waals surface area contributed by atoms with Gasteiger partial charge in [-0.15, -0.1) is 11.6 Å². The van der Waals surface area contributed by atoms with E-state index in [4.69, 9.17) is 16.3 Å². The fourth-order valence-electron chi connectivity index (χ4n) is 1.31. The molecule has 0 aromatic heterocycles. The molecule has 0 saturated heterocycles. The quantitative estimate of drug-likeness (QED) is 0.823. The Morgan fingerprint density at radius 1 is 1.50 bits per heavy atom. The zero-order chi connectivity index (χ0) is 12.1. The van der Waals surface area contributed by atoms with E-state index in [0.717, 1.165) is 11.3 Å². The predicted octanol–water partition coefficient (Wildman–Crippen LogP) is 2.96. The van der Waals surface area contributed by atoms with Crippen LogP contribution < -0.4 is 10.1 Å². The third-order valence-electron chi connectivity index (χ3n) is 1.99. The van der Waals surface area contributed by atoms with Crippen LogP contribution in [-0.2, 0) is 4.79 Å². The topological polar surface area (TPSA) is 38.3 Å². The SMILES string of the molecule is CCOc1cc(C)cc(NC(=O)[C@H](C)Cl)c1. The minimum Gasteiger partial charge on any atom is -0.494 e. The smallest absolute Gasteiger partial charge is 0.242 e. The molecule has 1 N–H and O–H groups in total. The molecule has 1 rings (SSSR count). The molecule has 0 aliphatic carbocycles. The Morgan fingerprint density at radius 3 is 2.75 bits per heavy atom. The van der Waals surface area contributed by atoms with Crippen molar-refractivity contribution in [2.45, 2.75) is 26.1 Å². The molecule has 0 aliphatic rings. The lowest BCUT2D eigenvalue weighted by Crippen LogP contribution is -2.20. The first-order valence-electron chi connectivity index (χ1n) is 5.22. The molecule has 0 unspecified atom stereocenters. The van der Waals surface area contributed by atoms with Gasteiger partial charge in [0.1, 0.15) is 11.1 Å². The molecule has 1 amide bonds. The van der Waals surface area contributed by atoms with Gasteiger partial charge < -0.3 is 10.1 Å². The van der Waals surface area contributed by atoms with E-state index < -0.39 is 5.38 Å². The van der Waals surface area contributed by atoms with Crippen molar-refractivity contribution in [1.82, 2.24) is 0 Å². The highest BCUT2D eigenvalue weighted by Gasteiger charge is 2.09. The van der Waals surface area contributed by atoms with Crippen molar-refractivity contribution >= 4 is 23.2 Å². The van der Waals surface area contributed by atoms with Gasteiger partial charge in [0, 0.05) is 11.8 Å². The van der Waals surface area contributed by atoms with Crippen molar-refractivity contribution in [3.05, 3.63) is 23.8 Å². The monoisotopic (exact) mass is 241 g/mol. The van der Waals surface area contributed by atoms with Crippen LogP contribution in [0.3, 0.4) is 0 Å². The number of alkyl halides is 1. The van der Waals surface area contributed by atoms with E-state index in [9.17, 15) is 4.79 Å². The second-order valence-corrected chi connectivity index (χ2v) is 4.23. The summed E-state index contributed by atoms with van der Waals surface area (Å²) in [7, 11) is 0. The molecule has 0 saturated carbocycles. The predicted molar refractivity (Wildman–Crippen MR) is 66.3 cm³/mol. The van der Waals surface area contributed by atoms with Crippen LogP contribution in [0.5, 0.6) is 5.75 Å². The molecular weight excluding hydrogens is 226 g/mol. The maximum atomic E-state index is 11.4. The van der Waals surface area contributed by atoms with Crippen LogP contribution >= 0.6 is 11.6 Å². The number of ether oxygens (including phenoxy) is 1. The average Bonchev–Trinajstić information content (AvgIpc) is 2.16. The summed E-state index contributed by atoms with van der Waals surface area (Å²) in [5.74, 6) is 0.537. The molecule has 1 aromatic carbocycles. The fraction of sp³-hybridized carbons (Fsp3) is 0.417. The van der Waals surface area contributed by atoms with Gasteiger partial charge in [-0.2, -0.15) is 0 Å². The maximum Gasteiger partial charge on any atom is 0.242 e. The minimum absolute atomic E-state index is 0.213. The number of aryl methyl sites for hydroxylation is 1. The summed E-state index contributed by atoms with van der Waals surface area (Å²) in [5, 5.41) is 2.18. The van der Waals surface area contributed by atoms with E-state index in [0.29, 0.717) is 12.3 Å². The van der Waals surface area contributed by atoms with Crippen molar-refractivity contribution < 1.29 is 9.53 Å². The van der Waals surface area contributed by atoms with E-state index >= 15 is 0 Å². The van der Waals surface area contributed by atoms with E-state index in [-0.39, 0.29) is 5.91 Å². The third kappa shape index (κ3) is 3.74. The highest BCUT2D eigenvalue weighted by atomic mass is 35.5. The molecule has 0 radical (unpaired) electrons. The lowest BCUT2D eigenvalue weighted by atomic mass is 10.2. The molecule has 1 aromatic rings. The molecule has 0 aliphatic heterocycles. The molecule has 0 fully saturated rings. The number of rotatable bonds is 4. The maximum absolute atomic E-state index is 11.4. The van der Waals surface area contributed by atoms with Gasteiger partial charge in [0.15, 0.2) is 0 Å². The number of nitrogens with one attached hydrogen (secondary N) is 1. The summed E-state index contributed by atoms with van der Waals surface area (Å²) in [4.78, 5) is 11.4. The fourth-order valence-corrected chi connectivity index (χ4v) is 1.37. The number of carbonyl (C=O) groups excluding carboxylic acids is 1. The van der Waals surface area contributed by atoms with Gasteiger partial charge in [0.25, 0.3) is 0 Å². The first kappa shape index (κ1) is 12.8. The number of carbonyl (C=O) groups is 1. The zero-order valence-electron chi connectivity index (χ0n) is 9.71. The standard InChI is InChI=1S/C12H16ClNO2/c1-4-16-11-6-8(2)5-10(7-11)14-12(15)9(3)13/h5-7,9H,4H2,1-3H3,(H,14,15)/t9-/m0/s1. The van der Waals surface area contributed by atoms with Gasteiger partial charge in [0.05, 0.1) is 6.61 Å². The second kappa shape index (κ2) is 5.75. The van der Waals surface area contributed by atoms with Crippen molar-refractivity contribution in [2.24, 2.45) is 0 Å². The molecule has 88 valence electrons. The Balaban J connectivity index is 2.83. The van der Waals surface area contributed by atoms with Crippen LogP contribution in [-0.4, -0.2) is 17.9 Å². The number of benzene rings is 1. The normalized spacial score (nSPS) is 12.0. The minimum atomic E-state index is -0.545. The van der Waals surface area contributed by atoms with E-state index in [1.54, 1.807) is 13.0 Å².